The molecular formula is C24H31NO2. The first-order valence-corrected chi connectivity index (χ1v) is 10.4. The Morgan fingerprint density at radius 1 is 1.00 bits per heavy atom. The molecule has 2 aromatic rings. The summed E-state index contributed by atoms with van der Waals surface area (Å²) < 4.78 is 6.21. The highest BCUT2D eigenvalue weighted by Gasteiger charge is 2.40. The van der Waals surface area contributed by atoms with E-state index in [0.717, 1.165) is 51.1 Å². The molecule has 1 aliphatic carbocycles. The number of fused-ring (bicyclic) bond motifs is 1. The Bertz CT molecular complexity index is 731. The first-order valence-electron chi connectivity index (χ1n) is 10.4. The van der Waals surface area contributed by atoms with Gasteiger partial charge in [-0.05, 0) is 48.3 Å². The van der Waals surface area contributed by atoms with Crippen LogP contribution in [0, 0.1) is 11.8 Å². The molecule has 0 bridgehead atoms. The number of aryl methyl sites for hydroxylation is 1. The lowest BCUT2D eigenvalue weighted by atomic mass is 10.0. The van der Waals surface area contributed by atoms with E-state index in [1.807, 2.05) is 6.07 Å². The van der Waals surface area contributed by atoms with Crippen LogP contribution in [-0.4, -0.2) is 29.2 Å². The molecule has 27 heavy (non-hydrogen) atoms. The van der Waals surface area contributed by atoms with Crippen LogP contribution in [0.25, 0.3) is 0 Å². The Kier molecular flexibility index (Phi) is 5.80. The van der Waals surface area contributed by atoms with E-state index < -0.39 is 0 Å². The molecular weight excluding hydrogens is 334 g/mol. The maximum atomic E-state index is 9.89. The Morgan fingerprint density at radius 3 is 2.44 bits per heavy atom. The van der Waals surface area contributed by atoms with Crippen molar-refractivity contribution in [2.45, 2.75) is 51.9 Å². The van der Waals surface area contributed by atoms with Gasteiger partial charge in [0.2, 0.25) is 0 Å². The van der Waals surface area contributed by atoms with Crippen LogP contribution in [0.3, 0.4) is 0 Å². The SMILES string of the molecule is CCCc1ccc(OCc2ccccc2)c(CN2C[C@H]3CC(O)C[C@H]3C2)c1. The van der Waals surface area contributed by atoms with Crippen LogP contribution in [0.1, 0.15) is 42.9 Å². The third kappa shape index (κ3) is 4.53. The van der Waals surface area contributed by atoms with Gasteiger partial charge in [0.05, 0.1) is 6.10 Å². The molecule has 2 aliphatic rings. The predicted molar refractivity (Wildman–Crippen MR) is 109 cm³/mol. The Balaban J connectivity index is 1.46. The number of benzene rings is 2. The van der Waals surface area contributed by atoms with Crippen LogP contribution in [0.2, 0.25) is 0 Å². The number of nitrogens with zero attached hydrogens (tertiary/aromatic N) is 1. The molecule has 0 radical (unpaired) electrons. The molecule has 1 heterocycles. The molecule has 1 N–H and O–H groups in total. The van der Waals surface area contributed by atoms with Gasteiger partial charge in [0.25, 0.3) is 0 Å². The quantitative estimate of drug-likeness (QED) is 0.788. The molecule has 3 nitrogen and oxygen atoms in total. The zero-order valence-corrected chi connectivity index (χ0v) is 16.3. The summed E-state index contributed by atoms with van der Waals surface area (Å²) in [6.07, 6.45) is 4.17. The molecule has 0 aromatic heterocycles. The first-order chi connectivity index (χ1) is 13.2. The highest BCUT2D eigenvalue weighted by atomic mass is 16.5. The third-order valence-electron chi connectivity index (χ3n) is 6.10. The van der Waals surface area contributed by atoms with Crippen molar-refractivity contribution >= 4 is 0 Å². The molecule has 0 amide bonds. The summed E-state index contributed by atoms with van der Waals surface area (Å²) >= 11 is 0. The van der Waals surface area contributed by atoms with Crippen molar-refractivity contribution in [2.75, 3.05) is 13.1 Å². The minimum atomic E-state index is -0.0696. The van der Waals surface area contributed by atoms with Crippen molar-refractivity contribution in [1.29, 1.82) is 0 Å². The molecule has 4 rings (SSSR count). The van der Waals surface area contributed by atoms with Gasteiger partial charge in [0.1, 0.15) is 12.4 Å². The Labute approximate surface area is 163 Å². The lowest BCUT2D eigenvalue weighted by Gasteiger charge is -2.20. The van der Waals surface area contributed by atoms with E-state index in [9.17, 15) is 5.11 Å². The average Bonchev–Trinajstić information content (AvgIpc) is 3.19. The number of rotatable bonds is 7. The number of aliphatic hydroxyl groups excluding tert-OH is 1. The second-order valence-electron chi connectivity index (χ2n) is 8.31. The van der Waals surface area contributed by atoms with Crippen LogP contribution < -0.4 is 4.74 Å². The van der Waals surface area contributed by atoms with E-state index in [1.54, 1.807) is 0 Å². The largest absolute Gasteiger partial charge is 0.489 e. The van der Waals surface area contributed by atoms with Gasteiger partial charge in [-0.15, -0.1) is 0 Å². The van der Waals surface area contributed by atoms with Gasteiger partial charge < -0.3 is 9.84 Å². The molecule has 2 aromatic carbocycles. The number of ether oxygens (including phenoxy) is 1. The van der Waals surface area contributed by atoms with Crippen molar-refractivity contribution in [2.24, 2.45) is 11.8 Å². The molecule has 2 fully saturated rings. The molecule has 1 aliphatic heterocycles. The molecule has 1 unspecified atom stereocenters. The smallest absolute Gasteiger partial charge is 0.124 e. The summed E-state index contributed by atoms with van der Waals surface area (Å²) in [5.41, 5.74) is 3.90. The van der Waals surface area contributed by atoms with Gasteiger partial charge in [-0.25, -0.2) is 0 Å². The van der Waals surface area contributed by atoms with E-state index in [1.165, 1.54) is 16.7 Å². The third-order valence-corrected chi connectivity index (χ3v) is 6.10. The zero-order chi connectivity index (χ0) is 18.6. The van der Waals surface area contributed by atoms with Gasteiger partial charge >= 0.3 is 0 Å². The second-order valence-corrected chi connectivity index (χ2v) is 8.31. The summed E-state index contributed by atoms with van der Waals surface area (Å²) in [6, 6.07) is 17.1. The van der Waals surface area contributed by atoms with Gasteiger partial charge in [0, 0.05) is 25.2 Å². The van der Waals surface area contributed by atoms with Gasteiger partial charge in [-0.3, -0.25) is 4.90 Å². The lowest BCUT2D eigenvalue weighted by Crippen LogP contribution is -2.23. The van der Waals surface area contributed by atoms with E-state index in [2.05, 4.69) is 54.3 Å². The maximum absolute atomic E-state index is 9.89. The van der Waals surface area contributed by atoms with Gasteiger partial charge in [-0.1, -0.05) is 55.8 Å². The van der Waals surface area contributed by atoms with Crippen LogP contribution >= 0.6 is 0 Å². The van der Waals surface area contributed by atoms with Crippen molar-refractivity contribution in [3.63, 3.8) is 0 Å². The minimum absolute atomic E-state index is 0.0696. The van der Waals surface area contributed by atoms with Crippen LogP contribution in [0.15, 0.2) is 48.5 Å². The van der Waals surface area contributed by atoms with Crippen molar-refractivity contribution < 1.29 is 9.84 Å². The highest BCUT2D eigenvalue weighted by Crippen LogP contribution is 2.39. The summed E-state index contributed by atoms with van der Waals surface area (Å²) in [7, 11) is 0. The monoisotopic (exact) mass is 365 g/mol. The van der Waals surface area contributed by atoms with Gasteiger partial charge in [0.15, 0.2) is 0 Å². The second kappa shape index (κ2) is 8.45. The van der Waals surface area contributed by atoms with Crippen molar-refractivity contribution in [3.8, 4) is 5.75 Å². The fraction of sp³-hybridized carbons (Fsp3) is 0.500. The number of hydrogen-bond acceptors (Lipinski definition) is 3. The van der Waals surface area contributed by atoms with Crippen LogP contribution in [-0.2, 0) is 19.6 Å². The van der Waals surface area contributed by atoms with E-state index in [0.29, 0.717) is 18.4 Å². The molecule has 1 saturated carbocycles. The molecule has 1 saturated heterocycles. The normalized spacial score (nSPS) is 24.9. The number of aliphatic hydroxyl groups is 1. The summed E-state index contributed by atoms with van der Waals surface area (Å²) in [5.74, 6) is 2.36. The average molecular weight is 366 g/mol. The minimum Gasteiger partial charge on any atom is -0.489 e. The summed E-state index contributed by atoms with van der Waals surface area (Å²) in [5, 5.41) is 9.89. The number of likely N-dealkylation sites (tertiary alicyclic amines) is 1. The van der Waals surface area contributed by atoms with Crippen molar-refractivity contribution in [3.05, 3.63) is 65.2 Å². The zero-order valence-electron chi connectivity index (χ0n) is 16.3. The van der Waals surface area contributed by atoms with E-state index in [4.69, 9.17) is 4.74 Å². The molecule has 0 spiro atoms. The fourth-order valence-corrected chi connectivity index (χ4v) is 4.81. The highest BCUT2D eigenvalue weighted by molar-refractivity contribution is 5.38. The van der Waals surface area contributed by atoms with Crippen LogP contribution in [0.4, 0.5) is 0 Å². The molecule has 3 atom stereocenters. The Morgan fingerprint density at radius 2 is 1.74 bits per heavy atom. The van der Waals surface area contributed by atoms with E-state index in [-0.39, 0.29) is 6.10 Å². The topological polar surface area (TPSA) is 32.7 Å². The van der Waals surface area contributed by atoms with E-state index >= 15 is 0 Å². The summed E-state index contributed by atoms with van der Waals surface area (Å²) in [4.78, 5) is 2.56. The first kappa shape index (κ1) is 18.5. The number of hydrogen-bond donors (Lipinski definition) is 1. The maximum Gasteiger partial charge on any atom is 0.124 e. The van der Waals surface area contributed by atoms with Crippen molar-refractivity contribution in [1.82, 2.24) is 4.90 Å². The fourth-order valence-electron chi connectivity index (χ4n) is 4.81. The Hall–Kier alpha value is -1.84. The predicted octanol–water partition coefficient (Wildman–Crippen LogP) is 4.42. The van der Waals surface area contributed by atoms with Gasteiger partial charge in [-0.2, -0.15) is 0 Å². The molecule has 3 heteroatoms. The molecule has 144 valence electrons. The lowest BCUT2D eigenvalue weighted by molar-refractivity contribution is 0.160. The van der Waals surface area contributed by atoms with Crippen LogP contribution in [0.5, 0.6) is 5.75 Å². The summed E-state index contributed by atoms with van der Waals surface area (Å²) in [6.45, 7) is 6.01. The standard InChI is InChI=1S/C24H31NO2/c1-2-6-18-9-10-24(27-17-19-7-4-3-5-8-19)22(11-18)16-25-14-20-12-23(26)13-21(20)15-25/h3-5,7-11,20-21,23,26H,2,6,12-17H2,1H3/t20-,21+,23?.